The van der Waals surface area contributed by atoms with Crippen LogP contribution in [0.1, 0.15) is 16.1 Å². The second-order valence-corrected chi connectivity index (χ2v) is 9.17. The molecule has 0 fully saturated rings. The first-order valence-corrected chi connectivity index (χ1v) is 11.9. The number of hydrogen-bond donors (Lipinski definition) is 1. The molecule has 0 radical (unpaired) electrons. The van der Waals surface area contributed by atoms with Crippen molar-refractivity contribution >= 4 is 44.8 Å². The van der Waals surface area contributed by atoms with Gasteiger partial charge in [0, 0.05) is 12.1 Å². The molecule has 0 saturated carbocycles. The lowest BCUT2D eigenvalue weighted by atomic mass is 10.1. The quantitative estimate of drug-likeness (QED) is 0.249. The average Bonchev–Trinajstić information content (AvgIpc) is 3.27. The molecule has 176 valence electrons. The third-order valence-corrected chi connectivity index (χ3v) is 6.47. The number of fused-ring (bicyclic) bond motifs is 1. The lowest BCUT2D eigenvalue weighted by molar-refractivity contribution is 0.306. The zero-order chi connectivity index (χ0) is 24.2. The first-order chi connectivity index (χ1) is 17.1. The number of aromatic nitrogens is 3. The van der Waals surface area contributed by atoms with Crippen LogP contribution in [0.2, 0.25) is 5.02 Å². The summed E-state index contributed by atoms with van der Waals surface area (Å²) in [5.41, 5.74) is 3.25. The van der Waals surface area contributed by atoms with Crippen LogP contribution in [0.4, 0.5) is 15.9 Å². The number of halogens is 2. The third-order valence-electron chi connectivity index (χ3n) is 5.21. The highest BCUT2D eigenvalue weighted by atomic mass is 35.5. The highest BCUT2D eigenvalue weighted by Gasteiger charge is 2.13. The number of anilines is 2. The van der Waals surface area contributed by atoms with Crippen LogP contribution in [0.3, 0.4) is 0 Å². The van der Waals surface area contributed by atoms with E-state index in [2.05, 4.69) is 15.3 Å². The molecule has 0 aliphatic heterocycles. The highest BCUT2D eigenvalue weighted by Crippen LogP contribution is 2.32. The highest BCUT2D eigenvalue weighted by molar-refractivity contribution is 7.18. The van der Waals surface area contributed by atoms with Gasteiger partial charge < -0.3 is 14.8 Å². The Morgan fingerprint density at radius 2 is 1.86 bits per heavy atom. The summed E-state index contributed by atoms with van der Waals surface area (Å²) >= 11 is 7.96. The molecule has 6 nitrogen and oxygen atoms in total. The predicted molar refractivity (Wildman–Crippen MR) is 136 cm³/mol. The summed E-state index contributed by atoms with van der Waals surface area (Å²) in [7, 11) is 1.65. The molecular weight excluding hydrogens is 487 g/mol. The fraction of sp³-hybridized carbons (Fsp3) is 0.115. The number of rotatable bonds is 8. The maximum Gasteiger partial charge on any atom is 0.161 e. The molecule has 0 bridgehead atoms. The third kappa shape index (κ3) is 5.50. The Balaban J connectivity index is 1.32. The van der Waals surface area contributed by atoms with E-state index in [1.54, 1.807) is 31.4 Å². The second-order valence-electron chi connectivity index (χ2n) is 7.70. The Hall–Kier alpha value is -3.75. The molecule has 0 amide bonds. The Bertz CT molecular complexity index is 1490. The van der Waals surface area contributed by atoms with Crippen molar-refractivity contribution in [3.05, 3.63) is 100 Å². The zero-order valence-electron chi connectivity index (χ0n) is 18.7. The van der Waals surface area contributed by atoms with E-state index in [0.717, 1.165) is 32.4 Å². The predicted octanol–water partition coefficient (Wildman–Crippen LogP) is 6.80. The Morgan fingerprint density at radius 3 is 2.69 bits per heavy atom. The molecule has 0 aliphatic carbocycles. The molecule has 5 rings (SSSR count). The summed E-state index contributed by atoms with van der Waals surface area (Å²) in [6.07, 6.45) is 2.18. The Morgan fingerprint density at radius 1 is 1.00 bits per heavy atom. The number of methoxy groups -OCH3 is 1. The van der Waals surface area contributed by atoms with Gasteiger partial charge in [0.1, 0.15) is 40.6 Å². The minimum atomic E-state index is -0.304. The van der Waals surface area contributed by atoms with Crippen molar-refractivity contribution in [2.24, 2.45) is 0 Å². The van der Waals surface area contributed by atoms with Crippen LogP contribution in [0, 0.1) is 5.82 Å². The zero-order valence-corrected chi connectivity index (χ0v) is 20.2. The van der Waals surface area contributed by atoms with Gasteiger partial charge in [-0.1, -0.05) is 47.2 Å². The molecule has 0 atom stereocenters. The van der Waals surface area contributed by atoms with Crippen molar-refractivity contribution in [2.75, 3.05) is 12.4 Å². The summed E-state index contributed by atoms with van der Waals surface area (Å²) in [6.45, 7) is 0.214. The first kappa shape index (κ1) is 23.0. The molecule has 0 saturated heterocycles. The van der Waals surface area contributed by atoms with Gasteiger partial charge in [0.2, 0.25) is 0 Å². The number of benzene rings is 3. The van der Waals surface area contributed by atoms with Crippen LogP contribution in [0.25, 0.3) is 10.3 Å². The summed E-state index contributed by atoms with van der Waals surface area (Å²) in [4.78, 5) is 14.3. The fourth-order valence-corrected chi connectivity index (χ4v) is 4.71. The van der Waals surface area contributed by atoms with Gasteiger partial charge in [-0.15, -0.1) is 0 Å². The number of nitrogens with zero attached hydrogens (tertiary/aromatic N) is 3. The Labute approximate surface area is 210 Å². The van der Waals surface area contributed by atoms with Gasteiger partial charge in [-0.3, -0.25) is 0 Å². The lowest BCUT2D eigenvalue weighted by Gasteiger charge is -2.11. The van der Waals surface area contributed by atoms with Crippen LogP contribution in [-0.2, 0) is 13.0 Å². The van der Waals surface area contributed by atoms with Crippen molar-refractivity contribution in [3.8, 4) is 11.5 Å². The monoisotopic (exact) mass is 506 g/mol. The standard InChI is InChI=1S/C26H20ClFN4O2S/c1-33-20-7-3-4-16(11-20)12-23-32-24-25(29-15-30-26(24)35-23)31-19-8-9-22(21(27)13-19)34-14-17-5-2-6-18(28)10-17/h2-11,13,15H,12,14H2,1H3,(H,29,30,31). The van der Waals surface area contributed by atoms with E-state index in [4.69, 9.17) is 26.1 Å². The van der Waals surface area contributed by atoms with E-state index in [9.17, 15) is 4.39 Å². The van der Waals surface area contributed by atoms with E-state index < -0.39 is 0 Å². The van der Waals surface area contributed by atoms with E-state index >= 15 is 0 Å². The molecule has 0 unspecified atom stereocenters. The second kappa shape index (κ2) is 10.2. The van der Waals surface area contributed by atoms with Crippen molar-refractivity contribution in [2.45, 2.75) is 13.0 Å². The number of thiazole rings is 1. The van der Waals surface area contributed by atoms with E-state index in [1.165, 1.54) is 29.8 Å². The maximum absolute atomic E-state index is 13.4. The van der Waals surface area contributed by atoms with Crippen LogP contribution in [0.15, 0.2) is 73.1 Å². The van der Waals surface area contributed by atoms with E-state index in [0.29, 0.717) is 28.5 Å². The Kier molecular flexibility index (Phi) is 6.74. The van der Waals surface area contributed by atoms with Crippen LogP contribution >= 0.6 is 22.9 Å². The first-order valence-electron chi connectivity index (χ1n) is 10.7. The molecule has 1 N–H and O–H groups in total. The van der Waals surface area contributed by atoms with Crippen LogP contribution < -0.4 is 14.8 Å². The molecule has 3 aromatic carbocycles. The normalized spacial score (nSPS) is 10.9. The molecular formula is C26H20ClFN4O2S. The molecule has 0 spiro atoms. The van der Waals surface area contributed by atoms with Crippen molar-refractivity contribution < 1.29 is 13.9 Å². The van der Waals surface area contributed by atoms with Crippen LogP contribution in [0.5, 0.6) is 11.5 Å². The van der Waals surface area contributed by atoms with Crippen molar-refractivity contribution in [1.82, 2.24) is 15.0 Å². The molecule has 9 heteroatoms. The summed E-state index contributed by atoms with van der Waals surface area (Å²) in [5, 5.41) is 4.63. The van der Waals surface area contributed by atoms with Gasteiger partial charge in [0.25, 0.3) is 0 Å². The fourth-order valence-electron chi connectivity index (χ4n) is 3.54. The maximum atomic E-state index is 13.4. The summed E-state index contributed by atoms with van der Waals surface area (Å²) in [5.74, 6) is 1.60. The molecule has 2 aromatic heterocycles. The summed E-state index contributed by atoms with van der Waals surface area (Å²) < 4.78 is 24.4. The number of ether oxygens (including phenoxy) is 2. The van der Waals surface area contributed by atoms with Crippen LogP contribution in [-0.4, -0.2) is 22.1 Å². The smallest absolute Gasteiger partial charge is 0.161 e. The van der Waals surface area contributed by atoms with Crippen molar-refractivity contribution in [1.29, 1.82) is 0 Å². The average molecular weight is 507 g/mol. The number of hydrogen-bond acceptors (Lipinski definition) is 7. The van der Waals surface area contributed by atoms with Crippen molar-refractivity contribution in [3.63, 3.8) is 0 Å². The minimum absolute atomic E-state index is 0.214. The van der Waals surface area contributed by atoms with Gasteiger partial charge in [-0.25, -0.2) is 19.3 Å². The summed E-state index contributed by atoms with van der Waals surface area (Å²) in [6, 6.07) is 19.5. The van der Waals surface area contributed by atoms with Gasteiger partial charge in [0.05, 0.1) is 17.1 Å². The molecule has 2 heterocycles. The molecule has 35 heavy (non-hydrogen) atoms. The molecule has 5 aromatic rings. The van der Waals surface area contributed by atoms with Gasteiger partial charge in [-0.2, -0.15) is 0 Å². The largest absolute Gasteiger partial charge is 0.497 e. The van der Waals surface area contributed by atoms with Gasteiger partial charge >= 0.3 is 0 Å². The number of nitrogens with one attached hydrogen (secondary N) is 1. The molecule has 0 aliphatic rings. The van der Waals surface area contributed by atoms with Gasteiger partial charge in [-0.05, 0) is 53.6 Å². The topological polar surface area (TPSA) is 69.2 Å². The minimum Gasteiger partial charge on any atom is -0.497 e. The van der Waals surface area contributed by atoms with Gasteiger partial charge in [0.15, 0.2) is 5.82 Å². The SMILES string of the molecule is COc1cccc(Cc2nc3c(Nc4ccc(OCc5cccc(F)c5)c(Cl)c4)ncnc3s2)c1. The van der Waals surface area contributed by atoms with E-state index in [1.807, 2.05) is 30.3 Å². The lowest BCUT2D eigenvalue weighted by Crippen LogP contribution is -1.98. The van der Waals surface area contributed by atoms with E-state index in [-0.39, 0.29) is 12.4 Å².